The van der Waals surface area contributed by atoms with Crippen LogP contribution in [0.2, 0.25) is 0 Å². The van der Waals surface area contributed by atoms with Gasteiger partial charge in [-0.15, -0.1) is 0 Å². The number of pyridine rings is 1. The summed E-state index contributed by atoms with van der Waals surface area (Å²) in [6, 6.07) is 7.60. The quantitative estimate of drug-likeness (QED) is 0.428. The van der Waals surface area contributed by atoms with Gasteiger partial charge in [-0.25, -0.2) is 8.42 Å². The third-order valence-electron chi connectivity index (χ3n) is 5.92. The molecule has 4 rings (SSSR count). The minimum atomic E-state index is -4.02. The molecule has 0 bridgehead atoms. The highest BCUT2D eigenvalue weighted by atomic mass is 32.2. The Balaban J connectivity index is 1.61. The van der Waals surface area contributed by atoms with E-state index in [-0.39, 0.29) is 48.1 Å². The molecule has 34 heavy (non-hydrogen) atoms. The van der Waals surface area contributed by atoms with Crippen LogP contribution in [0.1, 0.15) is 46.2 Å². The molecule has 1 aromatic heterocycles. The zero-order chi connectivity index (χ0) is 24.5. The molecule has 2 amide bonds. The van der Waals surface area contributed by atoms with Crippen molar-refractivity contribution < 1.29 is 32.3 Å². The first kappa shape index (κ1) is 23.8. The molecule has 10 nitrogen and oxygen atoms in total. The summed E-state index contributed by atoms with van der Waals surface area (Å²) in [5.41, 5.74) is 0.729. The molecule has 0 spiro atoms. The summed E-state index contributed by atoms with van der Waals surface area (Å²) in [4.78, 5) is 42.5. The van der Waals surface area contributed by atoms with Crippen LogP contribution >= 0.6 is 0 Å². The Bertz CT molecular complexity index is 1210. The Kier molecular flexibility index (Phi) is 6.67. The minimum absolute atomic E-state index is 0.0125. The highest BCUT2D eigenvalue weighted by Gasteiger charge is 2.38. The summed E-state index contributed by atoms with van der Waals surface area (Å²) in [6.07, 6.45) is 2.51. The smallest absolute Gasteiger partial charge is 0.310 e. The van der Waals surface area contributed by atoms with E-state index in [0.29, 0.717) is 18.4 Å². The van der Waals surface area contributed by atoms with E-state index in [0.717, 1.165) is 4.90 Å². The number of benzene rings is 1. The molecule has 1 aromatic carbocycles. The highest BCUT2D eigenvalue weighted by Crippen LogP contribution is 2.32. The van der Waals surface area contributed by atoms with Crippen LogP contribution in [0.15, 0.2) is 41.4 Å². The summed E-state index contributed by atoms with van der Waals surface area (Å²) in [5, 5.41) is 0. The van der Waals surface area contributed by atoms with Gasteiger partial charge in [0.05, 0.1) is 31.7 Å². The third kappa shape index (κ3) is 4.28. The van der Waals surface area contributed by atoms with Gasteiger partial charge in [0.1, 0.15) is 16.3 Å². The molecule has 180 valence electrons. The number of nitrogens with zero attached hydrogens (tertiary/aromatic N) is 3. The van der Waals surface area contributed by atoms with Crippen molar-refractivity contribution in [3.8, 4) is 5.75 Å². The third-order valence-corrected chi connectivity index (χ3v) is 7.81. The fraction of sp³-hybridized carbons (Fsp3) is 0.391. The molecule has 11 heteroatoms. The lowest BCUT2D eigenvalue weighted by atomic mass is 10.0. The van der Waals surface area contributed by atoms with E-state index in [1.54, 1.807) is 19.1 Å². The van der Waals surface area contributed by atoms with E-state index in [2.05, 4.69) is 4.98 Å². The monoisotopic (exact) mass is 487 g/mol. The molecule has 2 aromatic rings. The van der Waals surface area contributed by atoms with E-state index in [4.69, 9.17) is 9.47 Å². The van der Waals surface area contributed by atoms with Crippen LogP contribution in [0, 0.1) is 5.92 Å². The number of piperidine rings is 1. The topological polar surface area (TPSA) is 123 Å². The van der Waals surface area contributed by atoms with Gasteiger partial charge in [0, 0.05) is 19.3 Å². The maximum Gasteiger partial charge on any atom is 0.310 e. The molecule has 1 atom stereocenters. The van der Waals surface area contributed by atoms with Crippen LogP contribution in [0.4, 0.5) is 0 Å². The summed E-state index contributed by atoms with van der Waals surface area (Å²) >= 11 is 0. The number of esters is 1. The van der Waals surface area contributed by atoms with Crippen molar-refractivity contribution in [3.63, 3.8) is 0 Å². The summed E-state index contributed by atoms with van der Waals surface area (Å²) in [5.74, 6) is -1.84. The van der Waals surface area contributed by atoms with E-state index in [1.807, 2.05) is 0 Å². The number of hydrogen-bond acceptors (Lipinski definition) is 8. The van der Waals surface area contributed by atoms with Gasteiger partial charge in [-0.2, -0.15) is 4.31 Å². The first-order valence-corrected chi connectivity index (χ1v) is 12.4. The fourth-order valence-corrected chi connectivity index (χ4v) is 5.94. The second-order valence-electron chi connectivity index (χ2n) is 8.04. The first-order valence-electron chi connectivity index (χ1n) is 10.9. The van der Waals surface area contributed by atoms with Crippen LogP contribution in [0.25, 0.3) is 0 Å². The Morgan fingerprint density at radius 2 is 2.00 bits per heavy atom. The largest absolute Gasteiger partial charge is 0.495 e. The normalized spacial score (nSPS) is 18.6. The molecular formula is C23H25N3O7S. The summed E-state index contributed by atoms with van der Waals surface area (Å²) < 4.78 is 38.7. The van der Waals surface area contributed by atoms with E-state index in [1.165, 1.54) is 35.8 Å². The number of amides is 2. The number of sulfonamides is 1. The van der Waals surface area contributed by atoms with E-state index in [9.17, 15) is 22.8 Å². The average Bonchev–Trinajstić information content (AvgIpc) is 3.09. The predicted octanol–water partition coefficient (Wildman–Crippen LogP) is 1.85. The Morgan fingerprint density at radius 3 is 2.71 bits per heavy atom. The molecule has 3 heterocycles. The van der Waals surface area contributed by atoms with Crippen molar-refractivity contribution in [1.82, 2.24) is 14.2 Å². The molecule has 1 saturated heterocycles. The molecule has 2 aliphatic rings. The maximum atomic E-state index is 13.5. The molecule has 0 saturated carbocycles. The molecule has 0 N–H and O–H groups in total. The van der Waals surface area contributed by atoms with Gasteiger partial charge in [-0.1, -0.05) is 6.07 Å². The number of rotatable bonds is 7. The number of carbonyl (C=O) groups is 3. The molecular weight excluding hydrogens is 462 g/mol. The summed E-state index contributed by atoms with van der Waals surface area (Å²) in [7, 11) is -2.66. The lowest BCUT2D eigenvalue weighted by Crippen LogP contribution is -2.42. The zero-order valence-corrected chi connectivity index (χ0v) is 19.7. The number of methoxy groups -OCH3 is 1. The van der Waals surface area contributed by atoms with Gasteiger partial charge in [0.2, 0.25) is 10.0 Å². The van der Waals surface area contributed by atoms with Crippen molar-refractivity contribution in [2.75, 3.05) is 26.8 Å². The number of imide groups is 1. The SMILES string of the molecule is CCOC(=O)C1CCCN(S(=O)(=O)c2cc(CN3C(=O)c4cccnc4C3=O)ccc2OC)C1. The minimum Gasteiger partial charge on any atom is -0.495 e. The molecule has 1 unspecified atom stereocenters. The van der Waals surface area contributed by atoms with Crippen LogP contribution in [-0.4, -0.2) is 67.2 Å². The van der Waals surface area contributed by atoms with Crippen molar-refractivity contribution >= 4 is 27.8 Å². The van der Waals surface area contributed by atoms with Gasteiger partial charge in [-0.05, 0) is 49.6 Å². The van der Waals surface area contributed by atoms with E-state index >= 15 is 0 Å². The lowest BCUT2D eigenvalue weighted by molar-refractivity contribution is -0.149. The molecule has 0 radical (unpaired) electrons. The fourth-order valence-electron chi connectivity index (χ4n) is 4.21. The second-order valence-corrected chi connectivity index (χ2v) is 9.94. The molecule has 0 aliphatic carbocycles. The van der Waals surface area contributed by atoms with Crippen molar-refractivity contribution in [2.24, 2.45) is 5.92 Å². The summed E-state index contributed by atoms with van der Waals surface area (Å²) in [6.45, 7) is 2.08. The number of ether oxygens (including phenoxy) is 2. The average molecular weight is 488 g/mol. The maximum absolute atomic E-state index is 13.5. The van der Waals surface area contributed by atoms with Crippen LogP contribution < -0.4 is 4.74 Å². The molecule has 2 aliphatic heterocycles. The predicted molar refractivity (Wildman–Crippen MR) is 120 cm³/mol. The van der Waals surface area contributed by atoms with Gasteiger partial charge >= 0.3 is 5.97 Å². The number of aromatic nitrogens is 1. The van der Waals surface area contributed by atoms with Crippen LogP contribution in [-0.2, 0) is 26.1 Å². The van der Waals surface area contributed by atoms with Gasteiger partial charge in [0.15, 0.2) is 0 Å². The zero-order valence-electron chi connectivity index (χ0n) is 18.9. The second kappa shape index (κ2) is 9.51. The Labute approximate surface area is 197 Å². The van der Waals surface area contributed by atoms with E-state index < -0.39 is 33.7 Å². The Hall–Kier alpha value is -3.31. The van der Waals surface area contributed by atoms with Gasteiger partial charge in [-0.3, -0.25) is 24.3 Å². The Morgan fingerprint density at radius 1 is 1.21 bits per heavy atom. The standard InChI is InChI=1S/C23H25N3O7S/c1-3-33-23(29)16-6-5-11-25(14-16)34(30,31)19-12-15(8-9-18(19)32-2)13-26-21(27)17-7-4-10-24-20(17)22(26)28/h4,7-10,12,16H,3,5-6,11,13-14H2,1-2H3. The number of carbonyl (C=O) groups excluding carboxylic acids is 3. The van der Waals surface area contributed by atoms with Crippen LogP contribution in [0.5, 0.6) is 5.75 Å². The van der Waals surface area contributed by atoms with Crippen molar-refractivity contribution in [3.05, 3.63) is 53.3 Å². The van der Waals surface area contributed by atoms with Gasteiger partial charge in [0.25, 0.3) is 11.8 Å². The van der Waals surface area contributed by atoms with Crippen LogP contribution in [0.3, 0.4) is 0 Å². The first-order chi connectivity index (χ1) is 16.3. The van der Waals surface area contributed by atoms with Gasteiger partial charge < -0.3 is 9.47 Å². The molecule has 1 fully saturated rings. The number of hydrogen-bond donors (Lipinski definition) is 0. The highest BCUT2D eigenvalue weighted by molar-refractivity contribution is 7.89. The number of fused-ring (bicyclic) bond motifs is 1. The lowest BCUT2D eigenvalue weighted by Gasteiger charge is -2.31. The van der Waals surface area contributed by atoms with Crippen molar-refractivity contribution in [2.45, 2.75) is 31.2 Å². The van der Waals surface area contributed by atoms with Crippen molar-refractivity contribution in [1.29, 1.82) is 0 Å².